The molecule has 9 aromatic carbocycles. The molecular weight excluding hydrogens is 1820 g/mol. The summed E-state index contributed by atoms with van der Waals surface area (Å²) in [6.45, 7) is 36.8. The Morgan fingerprint density at radius 3 is 1.14 bits per heavy atom. The molecular formula is C117H141F3N6O17. The molecule has 2 aliphatic heterocycles. The van der Waals surface area contributed by atoms with Crippen LogP contribution in [-0.2, 0) is 70.2 Å². The maximum absolute atomic E-state index is 14.4. The highest BCUT2D eigenvalue weighted by Crippen LogP contribution is 2.47. The molecule has 2 fully saturated rings. The van der Waals surface area contributed by atoms with E-state index in [0.29, 0.717) is 78.2 Å². The summed E-state index contributed by atoms with van der Waals surface area (Å²) in [5, 5.41) is 30.5. The highest BCUT2D eigenvalue weighted by molar-refractivity contribution is 6.16. The molecule has 2 unspecified atom stereocenters. The molecule has 23 nitrogen and oxygen atoms in total. The fourth-order valence-electron chi connectivity index (χ4n) is 17.9. The number of nitrogens with zero attached hydrogens (tertiary/aromatic N) is 2. The summed E-state index contributed by atoms with van der Waals surface area (Å²) in [4.78, 5) is 105. The maximum Gasteiger partial charge on any atom is 0.308 e. The van der Waals surface area contributed by atoms with Crippen molar-refractivity contribution >= 4 is 64.3 Å². The van der Waals surface area contributed by atoms with Crippen molar-refractivity contribution < 1.29 is 94.9 Å². The number of benzene rings is 9. The van der Waals surface area contributed by atoms with Gasteiger partial charge in [0.25, 0.3) is 11.8 Å². The van der Waals surface area contributed by atoms with Crippen molar-refractivity contribution in [1.82, 2.24) is 9.13 Å². The first-order chi connectivity index (χ1) is 67.5. The minimum absolute atomic E-state index is 0.0176. The molecule has 2 aliphatic rings. The van der Waals surface area contributed by atoms with Crippen molar-refractivity contribution in [3.8, 4) is 44.8 Å². The lowest BCUT2D eigenvalue weighted by molar-refractivity contribution is -0.301. The third-order valence-electron chi connectivity index (χ3n) is 23.4. The standard InChI is InChI=1S/C40H47FN2O5.C37H43FN2O5.C26H24FNO3.C14H27NO4/c1-26(2)36-35(38(45)42-30-16-12-9-13-17-30)34(27-14-10-8-11-15-27)37(28-18-20-29(41)21-19-28)43(36)23-22-31-24-32(47-40(6,7)46-31)25-33(44)48-39(3,4)5;1-24(2)34-33(36(44)39-28-14-10-7-11-15-28)32(25-12-8-6-9-13-25)35(26-16-18-27(38)19-17-26)40(34)21-20-29(41)22-30(42)23-31(43)45-37(3,4)5;1-17(2)24(29)23(26(31)28-21-11-7-4-8-12-21)22(18-9-5-3-6-10-18)25(30)19-13-15-20(27)16-14-19;1-13(2,3)19-12(16)9-11-8-10(6-7-15)17-14(4,5)18-11/h8-21,26,31-32H,22-25H2,1-7H3,(H,42,45);6-19,24,29-30,41-42H,20-23H2,1-5H3,(H,39,44);3-17,22-23H,1-2H3,(H,28,31);10-11H,6-9,15H2,1-5H3/t31-,32-;29-,30-;;10-,11-/m11.1/s1. The van der Waals surface area contributed by atoms with Crippen LogP contribution in [-0.4, -0.2) is 138 Å². The number of carbonyl (C=O) groups excluding carboxylic acids is 8. The number of aliphatic hydroxyl groups excluding tert-OH is 2. The Bertz CT molecular complexity index is 6000. The van der Waals surface area contributed by atoms with Crippen LogP contribution < -0.4 is 21.7 Å². The number of aliphatic hydroxyl groups is 2. The predicted molar refractivity (Wildman–Crippen MR) is 554 cm³/mol. The van der Waals surface area contributed by atoms with E-state index in [1.165, 1.54) is 48.5 Å². The number of Topliss-reactive ketones (excluding diaryl/α,β-unsaturated/α-hetero) is 2. The quantitative estimate of drug-likeness (QED) is 0.00944. The van der Waals surface area contributed by atoms with E-state index in [1.54, 1.807) is 113 Å². The third kappa shape index (κ3) is 33.7. The van der Waals surface area contributed by atoms with Crippen LogP contribution in [0.15, 0.2) is 255 Å². The average molecular weight is 1960 g/mol. The number of esters is 3. The van der Waals surface area contributed by atoms with Crippen molar-refractivity contribution in [2.75, 3.05) is 22.5 Å². The van der Waals surface area contributed by atoms with E-state index >= 15 is 0 Å². The number of para-hydroxylation sites is 3. The van der Waals surface area contributed by atoms with Gasteiger partial charge in [-0.05, 0) is 271 Å². The summed E-state index contributed by atoms with van der Waals surface area (Å²) < 4.78 is 86.3. The van der Waals surface area contributed by atoms with E-state index in [1.807, 2.05) is 215 Å². The number of halogens is 3. The summed E-state index contributed by atoms with van der Waals surface area (Å²) >= 11 is 0. The van der Waals surface area contributed by atoms with Crippen LogP contribution in [0.4, 0.5) is 30.2 Å². The van der Waals surface area contributed by atoms with Gasteiger partial charge in [-0.1, -0.05) is 187 Å². The van der Waals surface area contributed by atoms with Crippen LogP contribution in [0, 0.1) is 29.3 Å². The molecule has 0 spiro atoms. The van der Waals surface area contributed by atoms with Crippen LogP contribution in [0.3, 0.4) is 0 Å². The van der Waals surface area contributed by atoms with E-state index in [4.69, 9.17) is 38.9 Å². The molecule has 8 atom stereocenters. The van der Waals surface area contributed by atoms with Crippen LogP contribution >= 0.6 is 0 Å². The van der Waals surface area contributed by atoms with Crippen molar-refractivity contribution in [2.24, 2.45) is 17.6 Å². The fraction of sp³-hybridized carbons (Fsp3) is 0.402. The third-order valence-corrected chi connectivity index (χ3v) is 23.4. The molecule has 0 bridgehead atoms. The summed E-state index contributed by atoms with van der Waals surface area (Å²) in [7, 11) is 0. The zero-order valence-corrected chi connectivity index (χ0v) is 85.7. The predicted octanol–water partition coefficient (Wildman–Crippen LogP) is 24.2. The van der Waals surface area contributed by atoms with Gasteiger partial charge >= 0.3 is 17.9 Å². The number of ketones is 2. The number of nitrogens with two attached hydrogens (primary N) is 1. The number of aromatic nitrogens is 2. The number of nitrogens with one attached hydrogen (secondary N) is 3. The summed E-state index contributed by atoms with van der Waals surface area (Å²) in [6, 6.07) is 73.4. The van der Waals surface area contributed by atoms with Crippen molar-refractivity contribution in [3.05, 3.63) is 306 Å². The first-order valence-corrected chi connectivity index (χ1v) is 49.1. The SMILES string of the molecule is CC(C)(C)OC(=O)C[C@H]1C[C@@H](CCN)OC(C)(C)O1.CC(C)C(=O)C(C(=O)Nc1ccccc1)C(C(=O)c1ccc(F)cc1)c1ccccc1.CC(C)c1c(C(=O)Nc2ccccc2)c(-c2ccccc2)c(-c2ccc(F)cc2)n1CC[C@@H](O)C[C@@H](O)CC(=O)OC(C)(C)C.CC(C)c1c(C(=O)Nc2ccccc2)c(-c2ccccc2)c(-c2ccc(F)cc2)n1CC[C@@H]1C[C@H](CC(=O)OC(C)(C)C)OC(C)(C)O1. The molecule has 2 saturated heterocycles. The van der Waals surface area contributed by atoms with Gasteiger partial charge in [0.2, 0.25) is 5.91 Å². The molecule has 0 saturated carbocycles. The number of anilines is 3. The minimum Gasteiger partial charge on any atom is -0.460 e. The molecule has 143 heavy (non-hydrogen) atoms. The molecule has 2 aromatic heterocycles. The Hall–Kier alpha value is -12.8. The van der Waals surface area contributed by atoms with E-state index in [-0.39, 0.29) is 115 Å². The largest absolute Gasteiger partial charge is 0.460 e. The summed E-state index contributed by atoms with van der Waals surface area (Å²) in [5.74, 6) is -8.49. The first-order valence-electron chi connectivity index (χ1n) is 49.1. The van der Waals surface area contributed by atoms with Crippen LogP contribution in [0.1, 0.15) is 255 Å². The van der Waals surface area contributed by atoms with E-state index in [0.717, 1.165) is 57.0 Å². The lowest BCUT2D eigenvalue weighted by atomic mass is 9.75. The smallest absolute Gasteiger partial charge is 0.308 e. The van der Waals surface area contributed by atoms with Gasteiger partial charge in [-0.3, -0.25) is 38.4 Å². The second-order valence-electron chi connectivity index (χ2n) is 40.9. The monoisotopic (exact) mass is 1960 g/mol. The first kappa shape index (κ1) is 112. The molecule has 11 aromatic rings. The van der Waals surface area contributed by atoms with Gasteiger partial charge in [-0.2, -0.15) is 0 Å². The second-order valence-corrected chi connectivity index (χ2v) is 40.9. The second kappa shape index (κ2) is 50.9. The maximum atomic E-state index is 14.4. The molecule has 3 amide bonds. The number of hydrogen-bond donors (Lipinski definition) is 6. The van der Waals surface area contributed by atoms with Gasteiger partial charge in [-0.15, -0.1) is 0 Å². The average Bonchev–Trinajstić information content (AvgIpc) is 1.59. The van der Waals surface area contributed by atoms with E-state index < -0.39 is 81.8 Å². The van der Waals surface area contributed by atoms with E-state index in [2.05, 4.69) is 34.4 Å². The van der Waals surface area contributed by atoms with Gasteiger partial charge in [-0.25, -0.2) is 13.2 Å². The summed E-state index contributed by atoms with van der Waals surface area (Å²) in [6.07, 6.45) is 0.200. The molecule has 26 heteroatoms. The van der Waals surface area contributed by atoms with Crippen molar-refractivity contribution in [3.63, 3.8) is 0 Å². The van der Waals surface area contributed by atoms with Crippen LogP contribution in [0.2, 0.25) is 0 Å². The Morgan fingerprint density at radius 1 is 0.427 bits per heavy atom. The Balaban J connectivity index is 0.000000205. The molecule has 7 N–H and O–H groups in total. The molecule has 762 valence electrons. The highest BCUT2D eigenvalue weighted by Gasteiger charge is 2.44. The van der Waals surface area contributed by atoms with Gasteiger partial charge in [0, 0.05) is 77.0 Å². The van der Waals surface area contributed by atoms with Gasteiger partial charge < -0.3 is 74.2 Å². The molecule has 0 radical (unpaired) electrons. The zero-order valence-electron chi connectivity index (χ0n) is 85.7. The number of hydrogen-bond acceptors (Lipinski definition) is 18. The highest BCUT2D eigenvalue weighted by atomic mass is 19.1. The molecule has 0 aliphatic carbocycles. The normalized spacial score (nSPS) is 16.4. The number of amides is 3. The molecule has 4 heterocycles. The van der Waals surface area contributed by atoms with Crippen molar-refractivity contribution in [2.45, 2.75) is 285 Å². The number of ether oxygens (including phenoxy) is 7. The van der Waals surface area contributed by atoms with E-state index in [9.17, 15) is 61.7 Å². The van der Waals surface area contributed by atoms with Crippen LogP contribution in [0.25, 0.3) is 44.8 Å². The van der Waals surface area contributed by atoms with Gasteiger partial charge in [0.05, 0.1) is 84.3 Å². The Kier molecular flexibility index (Phi) is 40.0. The van der Waals surface area contributed by atoms with Gasteiger partial charge in [0.1, 0.15) is 46.0 Å². The summed E-state index contributed by atoms with van der Waals surface area (Å²) in [5.41, 5.74) is 15.5. The number of carbonyl (C=O) groups is 8. The lowest BCUT2D eigenvalue weighted by Crippen LogP contribution is -2.46. The molecule has 13 rings (SSSR count). The zero-order chi connectivity index (χ0) is 104. The van der Waals surface area contributed by atoms with Crippen molar-refractivity contribution in [1.29, 1.82) is 0 Å². The minimum atomic E-state index is -1.24. The van der Waals surface area contributed by atoms with Gasteiger partial charge in [0.15, 0.2) is 17.4 Å². The Labute approximate surface area is 839 Å². The number of rotatable bonds is 34. The fourth-order valence-corrected chi connectivity index (χ4v) is 17.9. The Morgan fingerprint density at radius 2 is 0.769 bits per heavy atom. The topological polar surface area (TPSA) is 314 Å². The lowest BCUT2D eigenvalue weighted by Gasteiger charge is -2.41. The van der Waals surface area contributed by atoms with Crippen LogP contribution in [0.5, 0.6) is 0 Å².